The Labute approximate surface area is 153 Å². The highest BCUT2D eigenvalue weighted by Crippen LogP contribution is 2.41. The van der Waals surface area contributed by atoms with Crippen molar-refractivity contribution >= 4 is 17.2 Å². The number of aliphatic hydroxyl groups is 1. The van der Waals surface area contributed by atoms with E-state index in [4.69, 9.17) is 12.2 Å². The summed E-state index contributed by atoms with van der Waals surface area (Å²) in [5.41, 5.74) is 2.92. The zero-order valence-electron chi connectivity index (χ0n) is 13.8. The van der Waals surface area contributed by atoms with Gasteiger partial charge in [0.15, 0.2) is 5.72 Å². The van der Waals surface area contributed by atoms with E-state index in [1.54, 1.807) is 0 Å². The molecule has 1 aliphatic rings. The first-order valence-electron chi connectivity index (χ1n) is 8.40. The molecule has 0 fully saturated rings. The van der Waals surface area contributed by atoms with Crippen molar-refractivity contribution in [3.8, 4) is 0 Å². The lowest BCUT2D eigenvalue weighted by atomic mass is 9.94. The van der Waals surface area contributed by atoms with Crippen LogP contribution in [0.15, 0.2) is 84.9 Å². The second-order valence-corrected chi connectivity index (χ2v) is 6.79. The molecule has 1 aliphatic heterocycles. The molecule has 1 atom stereocenters. The number of hydrogen-bond acceptors (Lipinski definition) is 2. The molecule has 0 radical (unpaired) electrons. The molecule has 0 saturated heterocycles. The number of nitrogens with zero attached hydrogens (tertiary/aromatic N) is 1. The van der Waals surface area contributed by atoms with Crippen LogP contribution < -0.4 is 0 Å². The van der Waals surface area contributed by atoms with E-state index in [2.05, 4.69) is 12.1 Å². The van der Waals surface area contributed by atoms with Crippen LogP contribution in [0.5, 0.6) is 0 Å². The van der Waals surface area contributed by atoms with Gasteiger partial charge in [0, 0.05) is 24.1 Å². The fraction of sp³-hybridized carbons (Fsp3) is 0.136. The van der Waals surface area contributed by atoms with Crippen molar-refractivity contribution in [3.05, 3.63) is 107 Å². The summed E-state index contributed by atoms with van der Waals surface area (Å²) in [6.45, 7) is 0.581. The third kappa shape index (κ3) is 2.86. The zero-order chi connectivity index (χ0) is 17.3. The summed E-state index contributed by atoms with van der Waals surface area (Å²) in [5, 5.41) is 11.7. The molecule has 0 saturated carbocycles. The van der Waals surface area contributed by atoms with Crippen LogP contribution in [0.4, 0.5) is 0 Å². The van der Waals surface area contributed by atoms with Gasteiger partial charge in [0.2, 0.25) is 0 Å². The average molecular weight is 345 g/mol. The highest BCUT2D eigenvalue weighted by atomic mass is 32.1. The van der Waals surface area contributed by atoms with Crippen LogP contribution in [0.1, 0.15) is 22.3 Å². The molecule has 2 nitrogen and oxygen atoms in total. The van der Waals surface area contributed by atoms with E-state index in [0.29, 0.717) is 18.0 Å². The summed E-state index contributed by atoms with van der Waals surface area (Å²) in [7, 11) is 0. The van der Waals surface area contributed by atoms with Crippen LogP contribution >= 0.6 is 12.2 Å². The van der Waals surface area contributed by atoms with Gasteiger partial charge in [-0.2, -0.15) is 0 Å². The van der Waals surface area contributed by atoms with Gasteiger partial charge in [-0.3, -0.25) is 0 Å². The molecule has 3 heteroatoms. The molecule has 0 spiro atoms. The van der Waals surface area contributed by atoms with Crippen LogP contribution in [0.3, 0.4) is 0 Å². The largest absolute Gasteiger partial charge is 0.366 e. The minimum Gasteiger partial charge on any atom is -0.366 e. The van der Waals surface area contributed by atoms with Gasteiger partial charge >= 0.3 is 0 Å². The molecular formula is C22H19NOS. The second kappa shape index (κ2) is 6.43. The van der Waals surface area contributed by atoms with E-state index in [9.17, 15) is 5.11 Å². The Bertz CT molecular complexity index is 894. The van der Waals surface area contributed by atoms with Gasteiger partial charge in [-0.05, 0) is 11.1 Å². The molecule has 1 N–H and O–H groups in total. The first kappa shape index (κ1) is 16.0. The predicted molar refractivity (Wildman–Crippen MR) is 104 cm³/mol. The second-order valence-electron chi connectivity index (χ2n) is 6.40. The molecule has 0 bridgehead atoms. The van der Waals surface area contributed by atoms with E-state index in [1.807, 2.05) is 77.7 Å². The monoisotopic (exact) mass is 345 g/mol. The Balaban J connectivity index is 1.77. The summed E-state index contributed by atoms with van der Waals surface area (Å²) in [6.07, 6.45) is 0.498. The topological polar surface area (TPSA) is 23.5 Å². The highest BCUT2D eigenvalue weighted by molar-refractivity contribution is 7.80. The molecule has 1 heterocycles. The normalized spacial score (nSPS) is 19.1. The van der Waals surface area contributed by atoms with Gasteiger partial charge in [0.05, 0.1) is 0 Å². The highest BCUT2D eigenvalue weighted by Gasteiger charge is 2.46. The molecular weight excluding hydrogens is 326 g/mol. The third-order valence-electron chi connectivity index (χ3n) is 4.76. The molecule has 3 aromatic rings. The quantitative estimate of drug-likeness (QED) is 0.715. The van der Waals surface area contributed by atoms with Crippen LogP contribution in [-0.4, -0.2) is 15.0 Å². The average Bonchev–Trinajstić information content (AvgIpc) is 2.86. The van der Waals surface area contributed by atoms with Crippen LogP contribution in [0.25, 0.3) is 0 Å². The summed E-state index contributed by atoms with van der Waals surface area (Å²) in [5.74, 6) is 0. The van der Waals surface area contributed by atoms with Gasteiger partial charge in [-0.1, -0.05) is 97.1 Å². The summed E-state index contributed by atoms with van der Waals surface area (Å²) >= 11 is 5.73. The molecule has 1 unspecified atom stereocenters. The number of hydrogen-bond donors (Lipinski definition) is 1. The number of rotatable bonds is 4. The summed E-state index contributed by atoms with van der Waals surface area (Å²) in [4.78, 5) is 2.66. The Kier molecular flexibility index (Phi) is 4.12. The van der Waals surface area contributed by atoms with Crippen LogP contribution in [0.2, 0.25) is 0 Å². The van der Waals surface area contributed by atoms with Gasteiger partial charge in [0.1, 0.15) is 4.99 Å². The zero-order valence-corrected chi connectivity index (χ0v) is 14.6. The molecule has 0 amide bonds. The number of thiocarbonyl (C=S) groups is 1. The van der Waals surface area contributed by atoms with Gasteiger partial charge in [-0.15, -0.1) is 0 Å². The van der Waals surface area contributed by atoms with E-state index in [-0.39, 0.29) is 0 Å². The maximum absolute atomic E-state index is 11.7. The van der Waals surface area contributed by atoms with E-state index in [0.717, 1.165) is 22.3 Å². The first-order chi connectivity index (χ1) is 12.2. The molecule has 0 aliphatic carbocycles. The van der Waals surface area contributed by atoms with Crippen molar-refractivity contribution in [3.63, 3.8) is 0 Å². The molecule has 3 aromatic carbocycles. The molecule has 4 rings (SSSR count). The van der Waals surface area contributed by atoms with E-state index >= 15 is 0 Å². The van der Waals surface area contributed by atoms with Gasteiger partial charge in [-0.25, -0.2) is 0 Å². The SMILES string of the molecule is OC1(Cc2ccccc2)c2ccccc2C(=S)N1Cc1ccccc1. The predicted octanol–water partition coefficient (Wildman–Crippen LogP) is 4.27. The lowest BCUT2D eigenvalue weighted by Gasteiger charge is -2.36. The minimum atomic E-state index is -1.13. The molecule has 0 aromatic heterocycles. The van der Waals surface area contributed by atoms with Crippen molar-refractivity contribution in [1.29, 1.82) is 0 Å². The standard InChI is InChI=1S/C22H19NOS/c24-22(15-17-9-3-1-4-10-17)20-14-8-7-13-19(20)21(25)23(22)16-18-11-5-2-6-12-18/h1-14,24H,15-16H2. The molecule has 124 valence electrons. The van der Waals surface area contributed by atoms with Crippen LogP contribution in [-0.2, 0) is 18.7 Å². The van der Waals surface area contributed by atoms with Crippen molar-refractivity contribution in [1.82, 2.24) is 4.90 Å². The summed E-state index contributed by atoms with van der Waals surface area (Å²) < 4.78 is 0. The van der Waals surface area contributed by atoms with Crippen molar-refractivity contribution < 1.29 is 5.11 Å². The van der Waals surface area contributed by atoms with Crippen LogP contribution in [0, 0.1) is 0 Å². The van der Waals surface area contributed by atoms with E-state index < -0.39 is 5.72 Å². The van der Waals surface area contributed by atoms with Gasteiger partial charge in [0.25, 0.3) is 0 Å². The van der Waals surface area contributed by atoms with Crippen molar-refractivity contribution in [2.75, 3.05) is 0 Å². The number of fused-ring (bicyclic) bond motifs is 1. The fourth-order valence-electron chi connectivity index (χ4n) is 3.52. The van der Waals surface area contributed by atoms with Crippen molar-refractivity contribution in [2.24, 2.45) is 0 Å². The Morgan fingerprint density at radius 3 is 2.00 bits per heavy atom. The smallest absolute Gasteiger partial charge is 0.170 e. The lowest BCUT2D eigenvalue weighted by Crippen LogP contribution is -2.44. The van der Waals surface area contributed by atoms with Crippen molar-refractivity contribution in [2.45, 2.75) is 18.7 Å². The first-order valence-corrected chi connectivity index (χ1v) is 8.81. The fourth-order valence-corrected chi connectivity index (χ4v) is 3.91. The lowest BCUT2D eigenvalue weighted by molar-refractivity contribution is -0.0716. The Morgan fingerprint density at radius 2 is 1.32 bits per heavy atom. The maximum Gasteiger partial charge on any atom is 0.170 e. The molecule has 25 heavy (non-hydrogen) atoms. The van der Waals surface area contributed by atoms with Gasteiger partial charge < -0.3 is 10.0 Å². The third-order valence-corrected chi connectivity index (χ3v) is 5.20. The maximum atomic E-state index is 11.7. The Hall–Kier alpha value is -2.49. The summed E-state index contributed by atoms with van der Waals surface area (Å²) in [6, 6.07) is 28.1. The Morgan fingerprint density at radius 1 is 0.760 bits per heavy atom. The minimum absolute atomic E-state index is 0.498. The van der Waals surface area contributed by atoms with E-state index in [1.165, 1.54) is 0 Å². The number of benzene rings is 3.